The summed E-state index contributed by atoms with van der Waals surface area (Å²) < 4.78 is 18.6. The van der Waals surface area contributed by atoms with Crippen LogP contribution in [0.3, 0.4) is 0 Å². The fraction of sp³-hybridized carbons (Fsp3) is 0.333. The molecule has 0 saturated carbocycles. The number of carbonyl (C=O) groups is 2. The van der Waals surface area contributed by atoms with Gasteiger partial charge in [0.2, 0.25) is 0 Å². The van der Waals surface area contributed by atoms with Crippen LogP contribution in [0.25, 0.3) is 0 Å². The molecular weight excluding hydrogens is 553 g/mol. The van der Waals surface area contributed by atoms with Crippen molar-refractivity contribution in [3.05, 3.63) is 50.4 Å². The van der Waals surface area contributed by atoms with E-state index >= 15 is 0 Å². The van der Waals surface area contributed by atoms with E-state index in [1.54, 1.807) is 25.7 Å². The highest BCUT2D eigenvalue weighted by molar-refractivity contribution is 9.11. The average molecular weight is 576 g/mol. The summed E-state index contributed by atoms with van der Waals surface area (Å²) in [5, 5.41) is 22.0. The van der Waals surface area contributed by atoms with E-state index in [0.29, 0.717) is 27.3 Å². The van der Waals surface area contributed by atoms with Gasteiger partial charge < -0.3 is 20.3 Å². The Balaban J connectivity index is 2.30. The Bertz CT molecular complexity index is 990. The Morgan fingerprint density at radius 1 is 1.19 bits per heavy atom. The maximum Gasteiger partial charge on any atom is 0.340 e. The highest BCUT2D eigenvalue weighted by Crippen LogP contribution is 2.40. The molecule has 2 aromatic rings. The predicted octanol–water partition coefficient (Wildman–Crippen LogP) is 5.90. The number of aromatic hydroxyl groups is 1. The van der Waals surface area contributed by atoms with E-state index in [4.69, 9.17) is 4.74 Å². The minimum Gasteiger partial charge on any atom is -0.507 e. The number of hydrogen-bond acceptors (Lipinski definition) is 5. The monoisotopic (exact) mass is 574 g/mol. The molecule has 0 aliphatic heterocycles. The van der Waals surface area contributed by atoms with Crippen LogP contribution in [0.1, 0.15) is 36.2 Å². The second kappa shape index (κ2) is 11.1. The summed E-state index contributed by atoms with van der Waals surface area (Å²) in [7, 11) is -1.34. The van der Waals surface area contributed by atoms with Crippen molar-refractivity contribution >= 4 is 51.5 Å². The number of benzene rings is 2. The summed E-state index contributed by atoms with van der Waals surface area (Å²) in [5.41, 5.74) is 0.768. The molecule has 166 valence electrons. The average Bonchev–Trinajstić information content (AvgIpc) is 2.68. The molecule has 0 aliphatic carbocycles. The minimum absolute atomic E-state index is 0.0982. The molecule has 0 bridgehead atoms. The van der Waals surface area contributed by atoms with Crippen LogP contribution >= 0.6 is 39.7 Å². The quantitative estimate of drug-likeness (QED) is 0.321. The third kappa shape index (κ3) is 6.76. The molecule has 3 unspecified atom stereocenters. The molecule has 0 aliphatic rings. The van der Waals surface area contributed by atoms with Crippen molar-refractivity contribution in [1.82, 2.24) is 5.32 Å². The molecule has 3 atom stereocenters. The van der Waals surface area contributed by atoms with Gasteiger partial charge in [-0.1, -0.05) is 24.8 Å². The Morgan fingerprint density at radius 2 is 1.81 bits per heavy atom. The fourth-order valence-corrected chi connectivity index (χ4v) is 4.98. The molecule has 0 aromatic heterocycles. The van der Waals surface area contributed by atoms with Crippen molar-refractivity contribution in [2.45, 2.75) is 32.5 Å². The van der Waals surface area contributed by atoms with Gasteiger partial charge in [-0.3, -0.25) is 4.79 Å². The van der Waals surface area contributed by atoms with E-state index in [0.717, 1.165) is 5.56 Å². The first-order valence-corrected chi connectivity index (χ1v) is 12.9. The highest BCUT2D eigenvalue weighted by Gasteiger charge is 2.27. The van der Waals surface area contributed by atoms with Gasteiger partial charge in [0.25, 0.3) is 5.91 Å². The molecule has 31 heavy (non-hydrogen) atoms. The second-order valence-corrected chi connectivity index (χ2v) is 10.4. The van der Waals surface area contributed by atoms with Crippen molar-refractivity contribution in [2.24, 2.45) is 5.92 Å². The summed E-state index contributed by atoms with van der Waals surface area (Å²) in [6.45, 7) is 5.21. The molecule has 2 aromatic carbocycles. The van der Waals surface area contributed by atoms with Crippen LogP contribution in [-0.4, -0.2) is 34.8 Å². The van der Waals surface area contributed by atoms with Crippen molar-refractivity contribution < 1.29 is 29.1 Å². The van der Waals surface area contributed by atoms with Crippen LogP contribution in [0.2, 0.25) is 0 Å². The van der Waals surface area contributed by atoms with Crippen LogP contribution in [-0.2, 0) is 15.5 Å². The van der Waals surface area contributed by atoms with Crippen LogP contribution in [0.15, 0.2) is 39.3 Å². The lowest BCUT2D eigenvalue weighted by atomic mass is 9.99. The summed E-state index contributed by atoms with van der Waals surface area (Å²) in [6, 6.07) is 6.66. The number of nitrogens with one attached hydrogen (secondary N) is 1. The van der Waals surface area contributed by atoms with Crippen molar-refractivity contribution in [2.75, 3.05) is 6.66 Å². The highest BCUT2D eigenvalue weighted by atomic mass is 79.9. The lowest BCUT2D eigenvalue weighted by Crippen LogP contribution is -2.45. The maximum absolute atomic E-state index is 12.7. The SMILES string of the molecule is CCC(C)C(NC(=O)c1cc(Oc2c(Br)cc(C[P+](C)=O)cc2Br)ccc1O)C(=O)O. The number of phenolic OH excluding ortho intramolecular Hbond substituents is 1. The third-order valence-electron chi connectivity index (χ3n) is 4.66. The van der Waals surface area contributed by atoms with Gasteiger partial charge in [0.05, 0.1) is 14.5 Å². The van der Waals surface area contributed by atoms with Crippen LogP contribution < -0.4 is 10.1 Å². The second-order valence-electron chi connectivity index (χ2n) is 7.13. The smallest absolute Gasteiger partial charge is 0.340 e. The number of aliphatic carboxylic acids is 1. The number of phenols is 1. The number of carboxylic acids is 1. The first-order chi connectivity index (χ1) is 14.5. The van der Waals surface area contributed by atoms with E-state index in [-0.39, 0.29) is 23.0 Å². The van der Waals surface area contributed by atoms with Gasteiger partial charge >= 0.3 is 13.8 Å². The first kappa shape index (κ1) is 25.3. The van der Waals surface area contributed by atoms with Crippen LogP contribution in [0, 0.1) is 5.92 Å². The molecular formula is C21H23Br2NO6P+. The third-order valence-corrected chi connectivity index (χ3v) is 6.65. The lowest BCUT2D eigenvalue weighted by molar-refractivity contribution is -0.140. The van der Waals surface area contributed by atoms with E-state index in [9.17, 15) is 24.4 Å². The summed E-state index contributed by atoms with van der Waals surface area (Å²) >= 11 is 6.87. The minimum atomic E-state index is -1.34. The zero-order valence-electron chi connectivity index (χ0n) is 17.2. The molecule has 0 heterocycles. The van der Waals surface area contributed by atoms with E-state index in [2.05, 4.69) is 37.2 Å². The molecule has 1 amide bonds. The number of amides is 1. The van der Waals surface area contributed by atoms with Gasteiger partial charge in [0.15, 0.2) is 11.9 Å². The van der Waals surface area contributed by atoms with Crippen molar-refractivity contribution in [3.8, 4) is 17.2 Å². The lowest BCUT2D eigenvalue weighted by Gasteiger charge is -2.20. The Hall–Kier alpha value is -1.96. The van der Waals surface area contributed by atoms with Gasteiger partial charge in [0.1, 0.15) is 24.2 Å². The molecule has 0 radical (unpaired) electrons. The normalized spacial score (nSPS) is 13.3. The van der Waals surface area contributed by atoms with Crippen LogP contribution in [0.5, 0.6) is 17.2 Å². The molecule has 10 heteroatoms. The molecule has 0 fully saturated rings. The number of rotatable bonds is 9. The van der Waals surface area contributed by atoms with Gasteiger partial charge in [-0.25, -0.2) is 4.79 Å². The van der Waals surface area contributed by atoms with E-state index < -0.39 is 25.7 Å². The Labute approximate surface area is 198 Å². The Morgan fingerprint density at radius 3 is 2.32 bits per heavy atom. The van der Waals surface area contributed by atoms with Crippen molar-refractivity contribution in [3.63, 3.8) is 0 Å². The molecule has 0 spiro atoms. The Kier molecular flexibility index (Phi) is 9.03. The molecule has 3 N–H and O–H groups in total. The number of carbonyl (C=O) groups excluding carboxylic acids is 1. The summed E-state index contributed by atoms with van der Waals surface area (Å²) in [4.78, 5) is 24.1. The number of carboxylic acid groups (broad SMARTS) is 1. The predicted molar refractivity (Wildman–Crippen MR) is 126 cm³/mol. The zero-order chi connectivity index (χ0) is 23.3. The first-order valence-electron chi connectivity index (χ1n) is 9.44. The largest absolute Gasteiger partial charge is 0.507 e. The summed E-state index contributed by atoms with van der Waals surface area (Å²) in [5.74, 6) is -1.72. The number of halogens is 2. The summed E-state index contributed by atoms with van der Waals surface area (Å²) in [6.07, 6.45) is 0.994. The van der Waals surface area contributed by atoms with E-state index in [1.807, 2.05) is 6.92 Å². The number of ether oxygens (including phenoxy) is 1. The van der Waals surface area contributed by atoms with Gasteiger partial charge in [-0.15, -0.1) is 0 Å². The van der Waals surface area contributed by atoms with Gasteiger partial charge in [-0.05, 0) is 68.1 Å². The van der Waals surface area contributed by atoms with Crippen molar-refractivity contribution in [1.29, 1.82) is 0 Å². The molecule has 2 rings (SSSR count). The topological polar surface area (TPSA) is 113 Å². The number of hydrogen-bond donors (Lipinski definition) is 3. The standard InChI is InChI=1S/C21H22Br2NO6P/c1-4-11(2)18(21(27)28)24-20(26)14-9-13(5-6-17(14)25)30-19-15(22)7-12(8-16(19)23)10-31(3)29/h5-9,11,18H,4,10H2,1-3H3,(H2-,24,25,26,27,28)/p+1. The molecule has 7 nitrogen and oxygen atoms in total. The van der Waals surface area contributed by atoms with Crippen LogP contribution in [0.4, 0.5) is 0 Å². The zero-order valence-corrected chi connectivity index (χ0v) is 21.3. The fourth-order valence-electron chi connectivity index (χ4n) is 2.84. The van der Waals surface area contributed by atoms with E-state index in [1.165, 1.54) is 18.2 Å². The van der Waals surface area contributed by atoms with Gasteiger partial charge in [0, 0.05) is 5.56 Å². The maximum atomic E-state index is 12.7. The van der Waals surface area contributed by atoms with Gasteiger partial charge in [-0.2, -0.15) is 0 Å². The molecule has 0 saturated heterocycles.